The summed E-state index contributed by atoms with van der Waals surface area (Å²) < 4.78 is 0. The Labute approximate surface area is 139 Å². The summed E-state index contributed by atoms with van der Waals surface area (Å²) in [5.41, 5.74) is 0.241. The molecule has 2 aliphatic carbocycles. The molecule has 0 aromatic heterocycles. The smallest absolute Gasteiger partial charge is 0.234 e. The zero-order valence-corrected chi connectivity index (χ0v) is 14.6. The lowest BCUT2D eigenvalue weighted by atomic mass is 9.80. The van der Waals surface area contributed by atoms with Gasteiger partial charge in [0.15, 0.2) is 0 Å². The predicted molar refractivity (Wildman–Crippen MR) is 93.3 cm³/mol. The molecule has 3 aliphatic rings. The number of hydrogen-bond donors (Lipinski definition) is 2. The van der Waals surface area contributed by atoms with Gasteiger partial charge in [0.25, 0.3) is 0 Å². The highest BCUT2D eigenvalue weighted by atomic mass is 32.2. The van der Waals surface area contributed by atoms with Crippen LogP contribution < -0.4 is 10.6 Å². The van der Waals surface area contributed by atoms with Gasteiger partial charge in [-0.25, -0.2) is 0 Å². The van der Waals surface area contributed by atoms with Gasteiger partial charge in [-0.2, -0.15) is 11.8 Å². The first-order chi connectivity index (χ1) is 10.8. The van der Waals surface area contributed by atoms with Crippen LogP contribution in [0.5, 0.6) is 0 Å². The molecule has 0 atom stereocenters. The van der Waals surface area contributed by atoms with Gasteiger partial charge in [0.1, 0.15) is 0 Å². The lowest BCUT2D eigenvalue weighted by molar-refractivity contribution is -0.121. The predicted octanol–water partition coefficient (Wildman–Crippen LogP) is 1.85. The molecule has 3 rings (SSSR count). The fraction of sp³-hybridized carbons (Fsp3) is 0.941. The van der Waals surface area contributed by atoms with Gasteiger partial charge in [-0.1, -0.05) is 19.3 Å². The van der Waals surface area contributed by atoms with E-state index in [1.165, 1.54) is 69.5 Å². The van der Waals surface area contributed by atoms with Gasteiger partial charge in [-0.05, 0) is 38.1 Å². The van der Waals surface area contributed by atoms with Crippen LogP contribution in [0.4, 0.5) is 0 Å². The number of carbonyl (C=O) groups is 1. The van der Waals surface area contributed by atoms with Crippen molar-refractivity contribution in [1.82, 2.24) is 15.5 Å². The van der Waals surface area contributed by atoms with Crippen molar-refractivity contribution >= 4 is 17.7 Å². The van der Waals surface area contributed by atoms with E-state index in [-0.39, 0.29) is 11.4 Å². The highest BCUT2D eigenvalue weighted by molar-refractivity contribution is 7.99. The van der Waals surface area contributed by atoms with E-state index >= 15 is 0 Å². The van der Waals surface area contributed by atoms with Crippen LogP contribution in [0.2, 0.25) is 0 Å². The molecular formula is C17H31N3OS. The van der Waals surface area contributed by atoms with E-state index in [9.17, 15) is 4.79 Å². The van der Waals surface area contributed by atoms with Crippen LogP contribution in [0.1, 0.15) is 44.9 Å². The number of carbonyl (C=O) groups excluding carboxylic acids is 1. The molecule has 1 heterocycles. The monoisotopic (exact) mass is 325 g/mol. The molecular weight excluding hydrogens is 294 g/mol. The summed E-state index contributed by atoms with van der Waals surface area (Å²) in [6, 6.07) is 0. The molecule has 1 aliphatic heterocycles. The third-order valence-corrected chi connectivity index (χ3v) is 6.44. The maximum atomic E-state index is 12.1. The number of hydrogen-bond acceptors (Lipinski definition) is 4. The molecule has 3 fully saturated rings. The fourth-order valence-corrected chi connectivity index (χ4v) is 4.79. The maximum Gasteiger partial charge on any atom is 0.234 e. The number of nitrogens with one attached hydrogen (secondary N) is 2. The highest BCUT2D eigenvalue weighted by Crippen LogP contribution is 2.34. The van der Waals surface area contributed by atoms with E-state index in [1.54, 1.807) is 0 Å². The van der Waals surface area contributed by atoms with Crippen LogP contribution in [0.25, 0.3) is 0 Å². The van der Waals surface area contributed by atoms with Crippen molar-refractivity contribution in [2.45, 2.75) is 50.5 Å². The van der Waals surface area contributed by atoms with E-state index in [0.29, 0.717) is 6.54 Å². The number of amides is 1. The number of rotatable bonds is 7. The Morgan fingerprint density at radius 3 is 2.55 bits per heavy atom. The van der Waals surface area contributed by atoms with Gasteiger partial charge >= 0.3 is 0 Å². The third kappa shape index (κ3) is 4.62. The van der Waals surface area contributed by atoms with Crippen molar-refractivity contribution in [3.63, 3.8) is 0 Å². The fourth-order valence-electron chi connectivity index (χ4n) is 3.89. The molecule has 126 valence electrons. The minimum absolute atomic E-state index is 0.178. The summed E-state index contributed by atoms with van der Waals surface area (Å²) in [7, 11) is 0. The second-order valence-corrected chi connectivity index (χ2v) is 8.46. The lowest BCUT2D eigenvalue weighted by Gasteiger charge is -2.48. The summed E-state index contributed by atoms with van der Waals surface area (Å²) in [4.78, 5) is 14.8. The minimum atomic E-state index is 0.178. The quantitative estimate of drug-likeness (QED) is 0.750. The minimum Gasteiger partial charge on any atom is -0.353 e. The summed E-state index contributed by atoms with van der Waals surface area (Å²) in [5, 5.41) is 6.53. The van der Waals surface area contributed by atoms with Crippen molar-refractivity contribution in [3.05, 3.63) is 0 Å². The molecule has 0 radical (unpaired) electrons. The van der Waals surface area contributed by atoms with E-state index in [2.05, 4.69) is 27.3 Å². The SMILES string of the molecule is O=C(CNCC1CC1)NCC1(N2CCSCC2)CCCCC1. The molecule has 0 aromatic carbocycles. The van der Waals surface area contributed by atoms with Crippen LogP contribution in [-0.2, 0) is 4.79 Å². The average Bonchev–Trinajstić information content (AvgIpc) is 3.39. The first-order valence-corrected chi connectivity index (χ1v) is 10.2. The standard InChI is InChI=1S/C17H31N3OS/c21-16(13-18-12-15-4-5-15)19-14-17(6-2-1-3-7-17)20-8-10-22-11-9-20/h15,18H,1-14H2,(H,19,21). The van der Waals surface area contributed by atoms with Gasteiger partial charge < -0.3 is 10.6 Å². The molecule has 5 heteroatoms. The van der Waals surface area contributed by atoms with E-state index in [4.69, 9.17) is 0 Å². The third-order valence-electron chi connectivity index (χ3n) is 5.50. The highest BCUT2D eigenvalue weighted by Gasteiger charge is 2.38. The second-order valence-electron chi connectivity index (χ2n) is 7.24. The molecule has 0 bridgehead atoms. The molecule has 4 nitrogen and oxygen atoms in total. The van der Waals surface area contributed by atoms with Crippen LogP contribution in [-0.4, -0.2) is 60.6 Å². The van der Waals surface area contributed by atoms with Crippen molar-refractivity contribution in [3.8, 4) is 0 Å². The number of nitrogens with zero attached hydrogens (tertiary/aromatic N) is 1. The van der Waals surface area contributed by atoms with Gasteiger partial charge in [0.05, 0.1) is 6.54 Å². The topological polar surface area (TPSA) is 44.4 Å². The lowest BCUT2D eigenvalue weighted by Crippen LogP contribution is -2.59. The largest absolute Gasteiger partial charge is 0.353 e. The summed E-state index contributed by atoms with van der Waals surface area (Å²) in [5.74, 6) is 3.51. The van der Waals surface area contributed by atoms with E-state index in [1.807, 2.05) is 0 Å². The van der Waals surface area contributed by atoms with Crippen LogP contribution in [0.15, 0.2) is 0 Å². The summed E-state index contributed by atoms with van der Waals surface area (Å²) >= 11 is 2.07. The van der Waals surface area contributed by atoms with Crippen molar-refractivity contribution < 1.29 is 4.79 Å². The Morgan fingerprint density at radius 1 is 1.14 bits per heavy atom. The van der Waals surface area contributed by atoms with E-state index in [0.717, 1.165) is 19.0 Å². The Balaban J connectivity index is 1.47. The Morgan fingerprint density at radius 2 is 1.86 bits per heavy atom. The molecule has 0 unspecified atom stereocenters. The van der Waals surface area contributed by atoms with Crippen molar-refractivity contribution in [2.24, 2.45) is 5.92 Å². The molecule has 1 amide bonds. The number of thioether (sulfide) groups is 1. The van der Waals surface area contributed by atoms with Gasteiger partial charge in [-0.3, -0.25) is 9.69 Å². The van der Waals surface area contributed by atoms with Gasteiger partial charge in [-0.15, -0.1) is 0 Å². The van der Waals surface area contributed by atoms with Crippen LogP contribution in [0, 0.1) is 5.92 Å². The van der Waals surface area contributed by atoms with Gasteiger partial charge in [0, 0.05) is 36.7 Å². The first kappa shape index (κ1) is 16.6. The first-order valence-electron chi connectivity index (χ1n) is 9.09. The summed E-state index contributed by atoms with van der Waals surface area (Å²) in [6.07, 6.45) is 9.19. The van der Waals surface area contributed by atoms with Crippen molar-refractivity contribution in [2.75, 3.05) is 44.2 Å². The Kier molecular flexibility index (Phi) is 6.05. The Hall–Kier alpha value is -0.260. The van der Waals surface area contributed by atoms with E-state index < -0.39 is 0 Å². The molecule has 22 heavy (non-hydrogen) atoms. The maximum absolute atomic E-state index is 12.1. The zero-order valence-electron chi connectivity index (χ0n) is 13.7. The van der Waals surface area contributed by atoms with Crippen molar-refractivity contribution in [1.29, 1.82) is 0 Å². The normalized spacial score (nSPS) is 25.8. The van der Waals surface area contributed by atoms with Gasteiger partial charge in [0.2, 0.25) is 5.91 Å². The second kappa shape index (κ2) is 8.02. The molecule has 2 N–H and O–H groups in total. The zero-order chi connectivity index (χ0) is 15.3. The molecule has 2 saturated carbocycles. The average molecular weight is 326 g/mol. The molecule has 0 aromatic rings. The molecule has 1 saturated heterocycles. The summed E-state index contributed by atoms with van der Waals surface area (Å²) in [6.45, 7) is 4.74. The Bertz CT molecular complexity index is 361. The molecule has 0 spiro atoms. The van der Waals surface area contributed by atoms with Crippen LogP contribution >= 0.6 is 11.8 Å². The van der Waals surface area contributed by atoms with Crippen LogP contribution in [0.3, 0.4) is 0 Å².